The SMILES string of the molecule is CCC(Sc1nc(C2CC2)n(-c2ccccc2)n1)C(=O)NCc1ccccc1. The van der Waals surface area contributed by atoms with Crippen LogP contribution in [-0.4, -0.2) is 25.9 Å². The van der Waals surface area contributed by atoms with Crippen molar-refractivity contribution in [2.45, 2.75) is 49.1 Å². The molecule has 28 heavy (non-hydrogen) atoms. The van der Waals surface area contributed by atoms with E-state index in [0.29, 0.717) is 17.6 Å². The van der Waals surface area contributed by atoms with Gasteiger partial charge in [0.25, 0.3) is 0 Å². The number of benzene rings is 2. The molecule has 1 N–H and O–H groups in total. The number of aromatic nitrogens is 3. The van der Waals surface area contributed by atoms with Gasteiger partial charge in [-0.2, -0.15) is 0 Å². The Kier molecular flexibility index (Phi) is 5.76. The van der Waals surface area contributed by atoms with Crippen LogP contribution < -0.4 is 5.32 Å². The highest BCUT2D eigenvalue weighted by atomic mass is 32.2. The van der Waals surface area contributed by atoms with Gasteiger partial charge in [-0.25, -0.2) is 9.67 Å². The van der Waals surface area contributed by atoms with Crippen LogP contribution in [-0.2, 0) is 11.3 Å². The van der Waals surface area contributed by atoms with E-state index in [1.807, 2.05) is 72.3 Å². The van der Waals surface area contributed by atoms with Crippen molar-refractivity contribution in [2.75, 3.05) is 0 Å². The van der Waals surface area contributed by atoms with Crippen LogP contribution in [0.2, 0.25) is 0 Å². The van der Waals surface area contributed by atoms with Gasteiger partial charge in [0, 0.05) is 12.5 Å². The lowest BCUT2D eigenvalue weighted by Crippen LogP contribution is -2.31. The molecule has 1 unspecified atom stereocenters. The minimum absolute atomic E-state index is 0.0281. The van der Waals surface area contributed by atoms with Crippen LogP contribution in [0.1, 0.15) is 43.5 Å². The number of hydrogen-bond acceptors (Lipinski definition) is 4. The van der Waals surface area contributed by atoms with Crippen molar-refractivity contribution in [3.05, 3.63) is 72.1 Å². The summed E-state index contributed by atoms with van der Waals surface area (Å²) in [7, 11) is 0. The molecule has 1 atom stereocenters. The average Bonchev–Trinajstić information content (AvgIpc) is 3.51. The number of carbonyl (C=O) groups excluding carboxylic acids is 1. The minimum Gasteiger partial charge on any atom is -0.351 e. The minimum atomic E-state index is -0.206. The predicted octanol–water partition coefficient (Wildman–Crippen LogP) is 4.33. The quantitative estimate of drug-likeness (QED) is 0.580. The molecular formula is C22H24N4OS. The van der Waals surface area contributed by atoms with E-state index >= 15 is 0 Å². The Hall–Kier alpha value is -2.60. The summed E-state index contributed by atoms with van der Waals surface area (Å²) < 4.78 is 1.94. The topological polar surface area (TPSA) is 59.8 Å². The normalized spacial score (nSPS) is 14.6. The van der Waals surface area contributed by atoms with Crippen LogP contribution in [0.25, 0.3) is 5.69 Å². The number of thioether (sulfide) groups is 1. The fourth-order valence-corrected chi connectivity index (χ4v) is 3.95. The first-order valence-electron chi connectivity index (χ1n) is 9.75. The lowest BCUT2D eigenvalue weighted by molar-refractivity contribution is -0.120. The Morgan fingerprint density at radius 2 is 1.82 bits per heavy atom. The standard InChI is InChI=1S/C22H24N4OS/c1-2-19(21(27)23-15-16-9-5-3-6-10-16)28-22-24-20(17-13-14-17)26(25-22)18-11-7-4-8-12-18/h3-12,17,19H,2,13-15H2,1H3,(H,23,27). The van der Waals surface area contributed by atoms with Crippen LogP contribution >= 0.6 is 11.8 Å². The van der Waals surface area contributed by atoms with Crippen LogP contribution in [0.3, 0.4) is 0 Å². The molecule has 1 heterocycles. The van der Waals surface area contributed by atoms with Gasteiger partial charge in [0.05, 0.1) is 10.9 Å². The maximum atomic E-state index is 12.7. The summed E-state index contributed by atoms with van der Waals surface area (Å²) >= 11 is 1.45. The van der Waals surface area contributed by atoms with Gasteiger partial charge in [0.2, 0.25) is 11.1 Å². The summed E-state index contributed by atoms with van der Waals surface area (Å²) in [5.41, 5.74) is 2.11. The highest BCUT2D eigenvalue weighted by Crippen LogP contribution is 2.40. The van der Waals surface area contributed by atoms with E-state index in [4.69, 9.17) is 10.1 Å². The number of carbonyl (C=O) groups is 1. The molecule has 1 aromatic heterocycles. The van der Waals surface area contributed by atoms with E-state index in [-0.39, 0.29) is 11.2 Å². The second-order valence-electron chi connectivity index (χ2n) is 6.99. The Morgan fingerprint density at radius 1 is 1.14 bits per heavy atom. The Labute approximate surface area is 169 Å². The van der Waals surface area contributed by atoms with Crippen molar-refractivity contribution in [2.24, 2.45) is 0 Å². The summed E-state index contributed by atoms with van der Waals surface area (Å²) in [6.07, 6.45) is 3.04. The smallest absolute Gasteiger partial charge is 0.233 e. The van der Waals surface area contributed by atoms with Crippen LogP contribution in [0, 0.1) is 0 Å². The third kappa shape index (κ3) is 4.44. The molecule has 0 saturated heterocycles. The zero-order valence-corrected chi connectivity index (χ0v) is 16.7. The highest BCUT2D eigenvalue weighted by Gasteiger charge is 2.31. The van der Waals surface area contributed by atoms with Crippen molar-refractivity contribution in [3.63, 3.8) is 0 Å². The van der Waals surface area contributed by atoms with Gasteiger partial charge in [-0.05, 0) is 37.0 Å². The van der Waals surface area contributed by atoms with Gasteiger partial charge in [-0.1, -0.05) is 67.2 Å². The molecule has 0 bridgehead atoms. The monoisotopic (exact) mass is 392 g/mol. The molecule has 4 rings (SSSR count). The molecule has 5 nitrogen and oxygen atoms in total. The summed E-state index contributed by atoms with van der Waals surface area (Å²) in [5, 5.41) is 8.22. The summed E-state index contributed by atoms with van der Waals surface area (Å²) in [6.45, 7) is 2.56. The number of nitrogens with zero attached hydrogens (tertiary/aromatic N) is 3. The number of nitrogens with one attached hydrogen (secondary N) is 1. The number of amides is 1. The van der Waals surface area contributed by atoms with E-state index in [0.717, 1.165) is 36.3 Å². The maximum Gasteiger partial charge on any atom is 0.233 e. The molecule has 3 aromatic rings. The first-order chi connectivity index (χ1) is 13.7. The molecule has 2 aromatic carbocycles. The zero-order valence-electron chi connectivity index (χ0n) is 15.9. The molecule has 1 amide bonds. The number of hydrogen-bond donors (Lipinski definition) is 1. The molecule has 0 aliphatic heterocycles. The molecule has 1 aliphatic carbocycles. The largest absolute Gasteiger partial charge is 0.351 e. The fourth-order valence-electron chi connectivity index (χ4n) is 3.07. The average molecular weight is 393 g/mol. The zero-order chi connectivity index (χ0) is 19.3. The van der Waals surface area contributed by atoms with E-state index in [2.05, 4.69) is 5.32 Å². The molecule has 1 aliphatic rings. The molecule has 6 heteroatoms. The van der Waals surface area contributed by atoms with E-state index < -0.39 is 0 Å². The van der Waals surface area contributed by atoms with Crippen molar-refractivity contribution < 1.29 is 4.79 Å². The van der Waals surface area contributed by atoms with Crippen molar-refractivity contribution in [1.29, 1.82) is 0 Å². The summed E-state index contributed by atoms with van der Waals surface area (Å²) in [5.74, 6) is 1.52. The summed E-state index contributed by atoms with van der Waals surface area (Å²) in [4.78, 5) is 17.4. The fraction of sp³-hybridized carbons (Fsp3) is 0.318. The Morgan fingerprint density at radius 3 is 2.46 bits per heavy atom. The lowest BCUT2D eigenvalue weighted by atomic mass is 10.2. The molecule has 144 valence electrons. The maximum absolute atomic E-state index is 12.7. The first kappa shape index (κ1) is 18.7. The highest BCUT2D eigenvalue weighted by molar-refractivity contribution is 8.00. The third-order valence-electron chi connectivity index (χ3n) is 4.78. The molecule has 1 saturated carbocycles. The van der Waals surface area contributed by atoms with E-state index in [1.54, 1.807) is 0 Å². The van der Waals surface area contributed by atoms with Gasteiger partial charge in [-0.15, -0.1) is 5.10 Å². The van der Waals surface area contributed by atoms with Crippen molar-refractivity contribution >= 4 is 17.7 Å². The number of para-hydroxylation sites is 1. The van der Waals surface area contributed by atoms with Gasteiger partial charge in [0.1, 0.15) is 5.82 Å². The molecule has 1 fully saturated rings. The van der Waals surface area contributed by atoms with Crippen LogP contribution in [0.5, 0.6) is 0 Å². The lowest BCUT2D eigenvalue weighted by Gasteiger charge is -2.13. The van der Waals surface area contributed by atoms with Gasteiger partial charge >= 0.3 is 0 Å². The third-order valence-corrected chi connectivity index (χ3v) is 5.99. The molecule has 0 spiro atoms. The van der Waals surface area contributed by atoms with Crippen LogP contribution in [0.4, 0.5) is 0 Å². The Balaban J connectivity index is 1.47. The van der Waals surface area contributed by atoms with Gasteiger partial charge in [0.15, 0.2) is 0 Å². The second-order valence-corrected chi connectivity index (χ2v) is 8.16. The predicted molar refractivity (Wildman–Crippen MR) is 112 cm³/mol. The second kappa shape index (κ2) is 8.61. The first-order valence-corrected chi connectivity index (χ1v) is 10.6. The number of rotatable bonds is 8. The van der Waals surface area contributed by atoms with Gasteiger partial charge in [-0.3, -0.25) is 4.79 Å². The van der Waals surface area contributed by atoms with E-state index in [9.17, 15) is 4.79 Å². The van der Waals surface area contributed by atoms with Crippen molar-refractivity contribution in [3.8, 4) is 5.69 Å². The van der Waals surface area contributed by atoms with E-state index in [1.165, 1.54) is 11.8 Å². The molecule has 0 radical (unpaired) electrons. The van der Waals surface area contributed by atoms with Gasteiger partial charge < -0.3 is 5.32 Å². The van der Waals surface area contributed by atoms with Crippen LogP contribution in [0.15, 0.2) is 65.8 Å². The summed E-state index contributed by atoms with van der Waals surface area (Å²) in [6, 6.07) is 20.1. The molecular weight excluding hydrogens is 368 g/mol. The van der Waals surface area contributed by atoms with Crippen molar-refractivity contribution in [1.82, 2.24) is 20.1 Å². The Bertz CT molecular complexity index is 922.